The number of nitrogens with one attached hydrogen (secondary N) is 1. The van der Waals surface area contributed by atoms with Crippen molar-refractivity contribution >= 4 is 23.2 Å². The van der Waals surface area contributed by atoms with Gasteiger partial charge in [-0.3, -0.25) is 9.78 Å². The van der Waals surface area contributed by atoms with Gasteiger partial charge in [0.2, 0.25) is 0 Å². The number of hydrogen-bond donors (Lipinski definition) is 1. The minimum Gasteiger partial charge on any atom is -0.322 e. The Balaban J connectivity index is 1.90. The van der Waals surface area contributed by atoms with Gasteiger partial charge in [0.15, 0.2) is 0 Å². The Morgan fingerprint density at radius 2 is 1.79 bits per heavy atom. The Hall–Kier alpha value is -2.86. The lowest BCUT2D eigenvalue weighted by molar-refractivity contribution is -0.137. The van der Waals surface area contributed by atoms with E-state index in [0.29, 0.717) is 22.0 Å². The highest BCUT2D eigenvalue weighted by Gasteiger charge is 2.31. The molecule has 3 nitrogen and oxygen atoms in total. The quantitative estimate of drug-likeness (QED) is 0.557. The van der Waals surface area contributed by atoms with E-state index in [1.165, 1.54) is 13.0 Å². The first kappa shape index (κ1) is 19.9. The van der Waals surface area contributed by atoms with Gasteiger partial charge in [-0.1, -0.05) is 17.7 Å². The first-order valence-corrected chi connectivity index (χ1v) is 8.75. The molecule has 1 heterocycles. The first-order chi connectivity index (χ1) is 13.2. The van der Waals surface area contributed by atoms with Crippen LogP contribution in [0, 0.1) is 13.8 Å². The van der Waals surface area contributed by atoms with E-state index in [4.69, 9.17) is 11.6 Å². The molecule has 0 saturated carbocycles. The van der Waals surface area contributed by atoms with Crippen LogP contribution in [0.15, 0.2) is 54.7 Å². The molecule has 144 valence electrons. The van der Waals surface area contributed by atoms with Crippen molar-refractivity contribution in [1.82, 2.24) is 4.98 Å². The van der Waals surface area contributed by atoms with Crippen molar-refractivity contribution in [2.24, 2.45) is 0 Å². The Labute approximate surface area is 165 Å². The zero-order valence-corrected chi connectivity index (χ0v) is 15.8. The molecular weight excluding hydrogens is 389 g/mol. The highest BCUT2D eigenvalue weighted by Crippen LogP contribution is 2.32. The number of rotatable bonds is 3. The van der Waals surface area contributed by atoms with Crippen molar-refractivity contribution in [3.8, 4) is 11.3 Å². The third-order valence-electron chi connectivity index (χ3n) is 4.29. The molecule has 0 aliphatic heterocycles. The third kappa shape index (κ3) is 4.17. The number of pyridine rings is 1. The normalized spacial score (nSPS) is 11.4. The SMILES string of the molecule is Cc1cc(C(F)(F)F)ccc1C(=O)Nc1ccc(Cl)c(-c2ncccc2C)c1. The zero-order chi connectivity index (χ0) is 20.5. The van der Waals surface area contributed by atoms with Crippen molar-refractivity contribution in [3.63, 3.8) is 0 Å². The van der Waals surface area contributed by atoms with Crippen molar-refractivity contribution in [2.45, 2.75) is 20.0 Å². The molecule has 0 saturated heterocycles. The number of carbonyl (C=O) groups excluding carboxylic acids is 1. The van der Waals surface area contributed by atoms with Gasteiger partial charge in [0, 0.05) is 23.0 Å². The molecular formula is C21H16ClF3N2O. The number of carbonyl (C=O) groups is 1. The molecule has 28 heavy (non-hydrogen) atoms. The van der Waals surface area contributed by atoms with Gasteiger partial charge in [-0.25, -0.2) is 0 Å². The number of hydrogen-bond acceptors (Lipinski definition) is 2. The van der Waals surface area contributed by atoms with Crippen LogP contribution in [0.3, 0.4) is 0 Å². The van der Waals surface area contributed by atoms with Crippen molar-refractivity contribution < 1.29 is 18.0 Å². The molecule has 3 aromatic rings. The monoisotopic (exact) mass is 404 g/mol. The Morgan fingerprint density at radius 1 is 1.04 bits per heavy atom. The fraction of sp³-hybridized carbons (Fsp3) is 0.143. The maximum Gasteiger partial charge on any atom is 0.416 e. The summed E-state index contributed by atoms with van der Waals surface area (Å²) in [5.74, 6) is -0.503. The van der Waals surface area contributed by atoms with E-state index in [0.717, 1.165) is 17.7 Å². The Morgan fingerprint density at radius 3 is 2.43 bits per heavy atom. The van der Waals surface area contributed by atoms with Crippen LogP contribution in [0.2, 0.25) is 5.02 Å². The van der Waals surface area contributed by atoms with Crippen LogP contribution < -0.4 is 5.32 Å². The van der Waals surface area contributed by atoms with Crippen LogP contribution in [0.5, 0.6) is 0 Å². The lowest BCUT2D eigenvalue weighted by Crippen LogP contribution is -2.15. The number of aromatic nitrogens is 1. The molecule has 0 radical (unpaired) electrons. The smallest absolute Gasteiger partial charge is 0.322 e. The Bertz CT molecular complexity index is 1050. The number of amides is 1. The fourth-order valence-electron chi connectivity index (χ4n) is 2.85. The summed E-state index contributed by atoms with van der Waals surface area (Å²) < 4.78 is 38.4. The summed E-state index contributed by atoms with van der Waals surface area (Å²) in [5, 5.41) is 3.18. The van der Waals surface area contributed by atoms with Crippen LogP contribution in [0.4, 0.5) is 18.9 Å². The van der Waals surface area contributed by atoms with Gasteiger partial charge in [0.25, 0.3) is 5.91 Å². The van der Waals surface area contributed by atoms with Crippen molar-refractivity contribution in [2.75, 3.05) is 5.32 Å². The summed E-state index contributed by atoms with van der Waals surface area (Å²) >= 11 is 6.28. The van der Waals surface area contributed by atoms with Crippen LogP contribution in [-0.2, 0) is 6.18 Å². The van der Waals surface area contributed by atoms with E-state index < -0.39 is 17.6 Å². The predicted octanol–water partition coefficient (Wildman–Crippen LogP) is 6.29. The molecule has 1 N–H and O–H groups in total. The van der Waals surface area contributed by atoms with E-state index in [1.54, 1.807) is 24.4 Å². The van der Waals surface area contributed by atoms with Gasteiger partial charge in [0.05, 0.1) is 16.3 Å². The number of halogens is 4. The lowest BCUT2D eigenvalue weighted by atomic mass is 10.0. The van der Waals surface area contributed by atoms with Crippen LogP contribution in [0.25, 0.3) is 11.3 Å². The first-order valence-electron chi connectivity index (χ1n) is 8.37. The van der Waals surface area contributed by atoms with Crippen LogP contribution >= 0.6 is 11.6 Å². The van der Waals surface area contributed by atoms with E-state index in [-0.39, 0.29) is 11.1 Å². The minimum absolute atomic E-state index is 0.165. The molecule has 1 amide bonds. The second-order valence-corrected chi connectivity index (χ2v) is 6.75. The molecule has 0 unspecified atom stereocenters. The van der Waals surface area contributed by atoms with Crippen LogP contribution in [-0.4, -0.2) is 10.9 Å². The summed E-state index contributed by atoms with van der Waals surface area (Å²) in [6.45, 7) is 3.37. The number of alkyl halides is 3. The molecule has 7 heteroatoms. The topological polar surface area (TPSA) is 42.0 Å². The average Bonchev–Trinajstić information content (AvgIpc) is 2.63. The fourth-order valence-corrected chi connectivity index (χ4v) is 3.05. The molecule has 1 aromatic heterocycles. The minimum atomic E-state index is -4.45. The van der Waals surface area contributed by atoms with E-state index in [1.807, 2.05) is 19.1 Å². The van der Waals surface area contributed by atoms with Gasteiger partial charge >= 0.3 is 6.18 Å². The molecule has 0 aliphatic carbocycles. The van der Waals surface area contributed by atoms with Gasteiger partial charge in [-0.05, 0) is 67.4 Å². The van der Waals surface area contributed by atoms with Gasteiger partial charge in [0.1, 0.15) is 0 Å². The summed E-state index contributed by atoms with van der Waals surface area (Å²) in [5.41, 5.74) is 2.35. The average molecular weight is 405 g/mol. The zero-order valence-electron chi connectivity index (χ0n) is 15.1. The highest BCUT2D eigenvalue weighted by atomic mass is 35.5. The maximum absolute atomic E-state index is 12.8. The summed E-state index contributed by atoms with van der Waals surface area (Å²) in [6.07, 6.45) is -2.80. The molecule has 3 rings (SSSR count). The molecule has 0 spiro atoms. The molecule has 0 fully saturated rings. The lowest BCUT2D eigenvalue weighted by Gasteiger charge is -2.13. The second kappa shape index (κ2) is 7.64. The second-order valence-electron chi connectivity index (χ2n) is 6.35. The standard InChI is InChI=1S/C21H16ClF3N2O/c1-12-4-3-9-26-19(12)17-11-15(6-8-18(17)22)27-20(28)16-7-5-14(10-13(16)2)21(23,24)25/h3-11H,1-2H3,(H,27,28). The molecule has 0 aliphatic rings. The predicted molar refractivity (Wildman–Crippen MR) is 104 cm³/mol. The summed E-state index contributed by atoms with van der Waals surface area (Å²) in [4.78, 5) is 16.9. The van der Waals surface area contributed by atoms with E-state index in [2.05, 4.69) is 10.3 Å². The number of anilines is 1. The van der Waals surface area contributed by atoms with E-state index >= 15 is 0 Å². The number of benzene rings is 2. The largest absolute Gasteiger partial charge is 0.416 e. The van der Waals surface area contributed by atoms with Crippen molar-refractivity contribution in [3.05, 3.63) is 82.0 Å². The van der Waals surface area contributed by atoms with E-state index in [9.17, 15) is 18.0 Å². The van der Waals surface area contributed by atoms with Gasteiger partial charge < -0.3 is 5.32 Å². The van der Waals surface area contributed by atoms with Crippen molar-refractivity contribution in [1.29, 1.82) is 0 Å². The molecule has 2 aromatic carbocycles. The number of aryl methyl sites for hydroxylation is 2. The van der Waals surface area contributed by atoms with Crippen LogP contribution in [0.1, 0.15) is 27.0 Å². The number of nitrogens with zero attached hydrogens (tertiary/aromatic N) is 1. The third-order valence-corrected chi connectivity index (χ3v) is 4.62. The summed E-state index contributed by atoms with van der Waals surface area (Å²) in [7, 11) is 0. The van der Waals surface area contributed by atoms with Gasteiger partial charge in [-0.15, -0.1) is 0 Å². The van der Waals surface area contributed by atoms with Gasteiger partial charge in [-0.2, -0.15) is 13.2 Å². The Kier molecular flexibility index (Phi) is 5.42. The molecule has 0 atom stereocenters. The highest BCUT2D eigenvalue weighted by molar-refractivity contribution is 6.33. The summed E-state index contributed by atoms with van der Waals surface area (Å²) in [6, 6.07) is 11.7. The molecule has 0 bridgehead atoms. The maximum atomic E-state index is 12.8.